The van der Waals surface area contributed by atoms with Crippen LogP contribution in [0.15, 0.2) is 12.3 Å². The summed E-state index contributed by atoms with van der Waals surface area (Å²) in [5.74, 6) is -0.769. The summed E-state index contributed by atoms with van der Waals surface area (Å²) in [6, 6.07) is 1.70. The van der Waals surface area contributed by atoms with Gasteiger partial charge in [-0.1, -0.05) is 0 Å². The fourth-order valence-corrected chi connectivity index (χ4v) is 2.57. The lowest BCUT2D eigenvalue weighted by Gasteiger charge is -2.29. The van der Waals surface area contributed by atoms with Gasteiger partial charge in [0.05, 0.1) is 37.6 Å². The Morgan fingerprint density at radius 3 is 2.52 bits per heavy atom. The van der Waals surface area contributed by atoms with Crippen LogP contribution in [0.1, 0.15) is 31.2 Å². The molecule has 0 amide bonds. The largest absolute Gasteiger partial charge is 0.481 e. The number of hydrogen-bond acceptors (Lipinski definition) is 4. The molecule has 4 nitrogen and oxygen atoms in total. The fourth-order valence-electron chi connectivity index (χ4n) is 2.57. The third-order valence-corrected chi connectivity index (χ3v) is 3.75. The average Bonchev–Trinajstić information content (AvgIpc) is 2.45. The number of halogens is 3. The number of nitrogens with zero attached hydrogens (tertiary/aromatic N) is 1. The Bertz CT molecular complexity index is 472. The van der Waals surface area contributed by atoms with Gasteiger partial charge in [-0.3, -0.25) is 0 Å². The number of pyridine rings is 1. The lowest BCUT2D eigenvalue weighted by Crippen LogP contribution is -2.30. The Kier molecular flexibility index (Phi) is 4.92. The first kappa shape index (κ1) is 15.9. The molecule has 21 heavy (non-hydrogen) atoms. The topological polar surface area (TPSA) is 57.4 Å². The molecule has 118 valence electrons. The standard InChI is InChI=1S/C14H19F3N2O2/c1-20-13-9(6-11(18)7-19-13)8-21-12-4-2-10(3-5-12)14(15,16)17/h6-7,10,12H,2-5,8,18H2,1H3/t10-,12-. The highest BCUT2D eigenvalue weighted by atomic mass is 19.4. The summed E-state index contributed by atoms with van der Waals surface area (Å²) in [7, 11) is 1.50. The highest BCUT2D eigenvalue weighted by molar-refractivity contribution is 5.42. The van der Waals surface area contributed by atoms with Crippen LogP contribution in [0.4, 0.5) is 18.9 Å². The number of nitrogen functional groups attached to an aromatic ring is 1. The van der Waals surface area contributed by atoms with E-state index in [1.54, 1.807) is 6.07 Å². The van der Waals surface area contributed by atoms with Crippen molar-refractivity contribution < 1.29 is 22.6 Å². The van der Waals surface area contributed by atoms with Crippen LogP contribution >= 0.6 is 0 Å². The highest BCUT2D eigenvalue weighted by Gasteiger charge is 2.41. The summed E-state index contributed by atoms with van der Waals surface area (Å²) in [4.78, 5) is 4.03. The quantitative estimate of drug-likeness (QED) is 0.927. The monoisotopic (exact) mass is 304 g/mol. The first-order valence-corrected chi connectivity index (χ1v) is 6.87. The van der Waals surface area contributed by atoms with Gasteiger partial charge in [0.1, 0.15) is 0 Å². The van der Waals surface area contributed by atoms with Crippen LogP contribution in [0.2, 0.25) is 0 Å². The Hall–Kier alpha value is -1.50. The second-order valence-corrected chi connectivity index (χ2v) is 5.26. The van der Waals surface area contributed by atoms with Gasteiger partial charge in [0.25, 0.3) is 0 Å². The van der Waals surface area contributed by atoms with E-state index in [1.165, 1.54) is 13.3 Å². The minimum absolute atomic E-state index is 0.125. The molecule has 1 heterocycles. The van der Waals surface area contributed by atoms with Crippen molar-refractivity contribution in [1.82, 2.24) is 4.98 Å². The van der Waals surface area contributed by atoms with Gasteiger partial charge in [-0.05, 0) is 31.7 Å². The smallest absolute Gasteiger partial charge is 0.391 e. The first-order chi connectivity index (χ1) is 9.90. The van der Waals surface area contributed by atoms with Gasteiger partial charge in [0.15, 0.2) is 0 Å². The maximum Gasteiger partial charge on any atom is 0.391 e. The van der Waals surface area contributed by atoms with E-state index in [0.29, 0.717) is 30.0 Å². The van der Waals surface area contributed by atoms with Crippen molar-refractivity contribution in [2.75, 3.05) is 12.8 Å². The van der Waals surface area contributed by atoms with Crippen molar-refractivity contribution in [3.8, 4) is 5.88 Å². The molecule has 0 aromatic carbocycles. The first-order valence-electron chi connectivity index (χ1n) is 6.87. The third-order valence-electron chi connectivity index (χ3n) is 3.75. The van der Waals surface area contributed by atoms with E-state index < -0.39 is 12.1 Å². The Labute approximate surface area is 121 Å². The molecule has 2 rings (SSSR count). The molecule has 0 unspecified atom stereocenters. The summed E-state index contributed by atoms with van der Waals surface area (Å²) in [6.45, 7) is 0.239. The van der Waals surface area contributed by atoms with E-state index in [1.807, 2.05) is 0 Å². The zero-order chi connectivity index (χ0) is 15.5. The second kappa shape index (κ2) is 6.51. The van der Waals surface area contributed by atoms with Gasteiger partial charge < -0.3 is 15.2 Å². The summed E-state index contributed by atoms with van der Waals surface area (Å²) >= 11 is 0. The highest BCUT2D eigenvalue weighted by Crippen LogP contribution is 2.38. The predicted octanol–water partition coefficient (Wildman–Crippen LogP) is 3.31. The van der Waals surface area contributed by atoms with Gasteiger partial charge in [-0.15, -0.1) is 0 Å². The van der Waals surface area contributed by atoms with Crippen molar-refractivity contribution in [1.29, 1.82) is 0 Å². The average molecular weight is 304 g/mol. The van der Waals surface area contributed by atoms with E-state index in [2.05, 4.69) is 4.98 Å². The zero-order valence-corrected chi connectivity index (χ0v) is 11.8. The molecule has 1 aromatic rings. The Morgan fingerprint density at radius 2 is 1.95 bits per heavy atom. The number of rotatable bonds is 4. The molecule has 0 bridgehead atoms. The number of aromatic nitrogens is 1. The SMILES string of the molecule is COc1ncc(N)cc1CO[C@H]1CC[C@H](C(F)(F)F)CC1. The number of anilines is 1. The molecular weight excluding hydrogens is 285 g/mol. The van der Waals surface area contributed by atoms with Crippen LogP contribution in [-0.2, 0) is 11.3 Å². The third kappa shape index (κ3) is 4.23. The molecular formula is C14H19F3N2O2. The van der Waals surface area contributed by atoms with Crippen molar-refractivity contribution in [3.63, 3.8) is 0 Å². The van der Waals surface area contributed by atoms with Gasteiger partial charge in [0.2, 0.25) is 5.88 Å². The van der Waals surface area contributed by atoms with Crippen LogP contribution in [0.5, 0.6) is 5.88 Å². The normalized spacial score (nSPS) is 23.0. The Morgan fingerprint density at radius 1 is 1.29 bits per heavy atom. The van der Waals surface area contributed by atoms with Crippen LogP contribution in [0, 0.1) is 5.92 Å². The number of ether oxygens (including phenoxy) is 2. The van der Waals surface area contributed by atoms with Crippen molar-refractivity contribution in [2.45, 2.75) is 44.6 Å². The Balaban J connectivity index is 1.86. The molecule has 1 aliphatic rings. The van der Waals surface area contributed by atoms with Gasteiger partial charge in [-0.2, -0.15) is 13.2 Å². The van der Waals surface area contributed by atoms with Crippen LogP contribution in [0.3, 0.4) is 0 Å². The molecule has 0 radical (unpaired) electrons. The van der Waals surface area contributed by atoms with E-state index in [0.717, 1.165) is 0 Å². The molecule has 1 fully saturated rings. The van der Waals surface area contributed by atoms with Crippen molar-refractivity contribution in [3.05, 3.63) is 17.8 Å². The zero-order valence-electron chi connectivity index (χ0n) is 11.8. The van der Waals surface area contributed by atoms with E-state index in [-0.39, 0.29) is 25.6 Å². The van der Waals surface area contributed by atoms with E-state index in [9.17, 15) is 13.2 Å². The number of methoxy groups -OCH3 is 1. The van der Waals surface area contributed by atoms with Gasteiger partial charge in [0, 0.05) is 5.56 Å². The number of hydrogen-bond donors (Lipinski definition) is 1. The lowest BCUT2D eigenvalue weighted by atomic mass is 9.87. The molecule has 1 aliphatic carbocycles. The fraction of sp³-hybridized carbons (Fsp3) is 0.643. The lowest BCUT2D eigenvalue weighted by molar-refractivity contribution is -0.188. The van der Waals surface area contributed by atoms with E-state index in [4.69, 9.17) is 15.2 Å². The van der Waals surface area contributed by atoms with Crippen molar-refractivity contribution >= 4 is 5.69 Å². The van der Waals surface area contributed by atoms with E-state index >= 15 is 0 Å². The molecule has 0 atom stereocenters. The van der Waals surface area contributed by atoms with Crippen LogP contribution in [-0.4, -0.2) is 24.4 Å². The summed E-state index contributed by atoms with van der Waals surface area (Å²) < 4.78 is 48.5. The second-order valence-electron chi connectivity index (χ2n) is 5.26. The number of nitrogens with two attached hydrogens (primary N) is 1. The predicted molar refractivity (Wildman–Crippen MR) is 71.8 cm³/mol. The molecule has 2 N–H and O–H groups in total. The van der Waals surface area contributed by atoms with Crippen LogP contribution < -0.4 is 10.5 Å². The minimum Gasteiger partial charge on any atom is -0.481 e. The maximum absolute atomic E-state index is 12.6. The maximum atomic E-state index is 12.6. The van der Waals surface area contributed by atoms with Gasteiger partial charge in [-0.25, -0.2) is 4.98 Å². The molecule has 7 heteroatoms. The molecule has 1 aromatic heterocycles. The summed E-state index contributed by atoms with van der Waals surface area (Å²) in [6.07, 6.45) is -1.68. The molecule has 1 saturated carbocycles. The summed E-state index contributed by atoms with van der Waals surface area (Å²) in [5, 5.41) is 0. The molecule has 0 spiro atoms. The van der Waals surface area contributed by atoms with Crippen molar-refractivity contribution in [2.24, 2.45) is 5.92 Å². The summed E-state index contributed by atoms with van der Waals surface area (Å²) in [5.41, 5.74) is 6.86. The van der Waals surface area contributed by atoms with Gasteiger partial charge >= 0.3 is 6.18 Å². The number of alkyl halides is 3. The van der Waals surface area contributed by atoms with Crippen LogP contribution in [0.25, 0.3) is 0 Å². The minimum atomic E-state index is -4.09. The molecule has 0 aliphatic heterocycles. The molecule has 0 saturated heterocycles.